The van der Waals surface area contributed by atoms with Gasteiger partial charge in [0.1, 0.15) is 6.33 Å². The number of anilines is 1. The van der Waals surface area contributed by atoms with Gasteiger partial charge in [-0.05, 0) is 12.0 Å². The van der Waals surface area contributed by atoms with Gasteiger partial charge in [0.15, 0.2) is 11.2 Å². The number of imidazole rings is 1. The lowest BCUT2D eigenvalue weighted by Crippen LogP contribution is -2.14. The van der Waals surface area contributed by atoms with Gasteiger partial charge in [-0.15, -0.1) is 0 Å². The summed E-state index contributed by atoms with van der Waals surface area (Å²) in [6.07, 6.45) is 3.19. The Hall–Kier alpha value is -2.19. The van der Waals surface area contributed by atoms with Crippen molar-refractivity contribution in [2.24, 2.45) is 5.92 Å². The number of hydrogen-bond donors (Lipinski definition) is 4. The fourth-order valence-electron chi connectivity index (χ4n) is 2.07. The van der Waals surface area contributed by atoms with Gasteiger partial charge in [0.25, 0.3) is 5.56 Å². The average Bonchev–Trinajstić information content (AvgIpc) is 3.02. The number of hydrogen-bond acceptors (Lipinski definition) is 6. The van der Waals surface area contributed by atoms with Crippen molar-refractivity contribution in [3.63, 3.8) is 0 Å². The third kappa shape index (κ3) is 2.00. The van der Waals surface area contributed by atoms with Gasteiger partial charge in [0.2, 0.25) is 5.95 Å². The highest BCUT2D eigenvalue weighted by Gasteiger charge is 2.36. The summed E-state index contributed by atoms with van der Waals surface area (Å²) >= 11 is 0. The van der Waals surface area contributed by atoms with Gasteiger partial charge in [0.05, 0.1) is 12.7 Å². The van der Waals surface area contributed by atoms with Crippen LogP contribution in [0.3, 0.4) is 0 Å². The second kappa shape index (κ2) is 4.18. The standard InChI is InChI=1S/C11H13N5O3/c12-11-14-9-8(10(19)15-11)13-4-16(9)2-5-1-6(5)7(18)3-17/h2,4,6-7,17-18H,1,3H2,(H3,12,14,15,19)/b5-2-/t6-,7-/m1/s1. The van der Waals surface area contributed by atoms with E-state index in [4.69, 9.17) is 10.8 Å². The van der Waals surface area contributed by atoms with Crippen LogP contribution in [0.4, 0.5) is 5.95 Å². The fourth-order valence-corrected chi connectivity index (χ4v) is 2.07. The third-order valence-electron chi connectivity index (χ3n) is 3.18. The maximum absolute atomic E-state index is 11.6. The second-order valence-electron chi connectivity index (χ2n) is 4.54. The number of nitrogens with zero attached hydrogens (tertiary/aromatic N) is 3. The summed E-state index contributed by atoms with van der Waals surface area (Å²) < 4.78 is 1.60. The predicted octanol–water partition coefficient (Wildman–Crippen LogP) is -1.08. The van der Waals surface area contributed by atoms with E-state index in [1.807, 2.05) is 0 Å². The molecule has 8 heteroatoms. The van der Waals surface area contributed by atoms with Crippen LogP contribution >= 0.6 is 0 Å². The van der Waals surface area contributed by atoms with Crippen LogP contribution in [-0.2, 0) is 0 Å². The van der Waals surface area contributed by atoms with E-state index in [2.05, 4.69) is 15.0 Å². The molecule has 19 heavy (non-hydrogen) atoms. The Morgan fingerprint density at radius 3 is 3.21 bits per heavy atom. The topological polar surface area (TPSA) is 130 Å². The highest BCUT2D eigenvalue weighted by molar-refractivity contribution is 5.73. The lowest BCUT2D eigenvalue weighted by atomic mass is 10.2. The summed E-state index contributed by atoms with van der Waals surface area (Å²) in [5.74, 6) is -0.0119. The van der Waals surface area contributed by atoms with Gasteiger partial charge in [-0.3, -0.25) is 14.3 Å². The molecule has 0 amide bonds. The van der Waals surface area contributed by atoms with Crippen LogP contribution in [0.15, 0.2) is 16.7 Å². The number of H-pyrrole nitrogens is 1. The minimum absolute atomic E-state index is 0.0281. The van der Waals surface area contributed by atoms with Gasteiger partial charge in [-0.1, -0.05) is 0 Å². The van der Waals surface area contributed by atoms with E-state index in [1.165, 1.54) is 6.33 Å². The molecule has 0 bridgehead atoms. The molecule has 2 aromatic rings. The molecular weight excluding hydrogens is 250 g/mol. The summed E-state index contributed by atoms with van der Waals surface area (Å²) in [5.41, 5.74) is 6.67. The highest BCUT2D eigenvalue weighted by Crippen LogP contribution is 2.41. The third-order valence-corrected chi connectivity index (χ3v) is 3.18. The van der Waals surface area contributed by atoms with Crippen LogP contribution in [0.5, 0.6) is 0 Å². The van der Waals surface area contributed by atoms with Gasteiger partial charge < -0.3 is 15.9 Å². The zero-order valence-corrected chi connectivity index (χ0v) is 9.95. The SMILES string of the molecule is Nc1nc2c(ncn2/C=C2/C[C@H]2[C@H](O)CO)c(=O)[nH]1. The first-order valence-electron chi connectivity index (χ1n) is 5.82. The van der Waals surface area contributed by atoms with Crippen molar-refractivity contribution in [2.45, 2.75) is 12.5 Å². The molecule has 5 N–H and O–H groups in total. The lowest BCUT2D eigenvalue weighted by molar-refractivity contribution is 0.0815. The van der Waals surface area contributed by atoms with Crippen LogP contribution in [0, 0.1) is 5.92 Å². The smallest absolute Gasteiger partial charge is 0.280 e. The van der Waals surface area contributed by atoms with E-state index in [0.29, 0.717) is 12.1 Å². The summed E-state index contributed by atoms with van der Waals surface area (Å²) in [5, 5.41) is 18.4. The number of rotatable bonds is 3. The number of nitrogens with two attached hydrogens (primary N) is 1. The first kappa shape index (κ1) is 11.9. The molecule has 0 aliphatic heterocycles. The van der Waals surface area contributed by atoms with Crippen molar-refractivity contribution in [1.29, 1.82) is 0 Å². The number of nitrogen functional groups attached to an aromatic ring is 1. The molecular formula is C11H13N5O3. The Balaban J connectivity index is 2.00. The van der Waals surface area contributed by atoms with Crippen LogP contribution in [-0.4, -0.2) is 42.4 Å². The molecule has 1 aliphatic carbocycles. The molecule has 8 nitrogen and oxygen atoms in total. The van der Waals surface area contributed by atoms with Crippen molar-refractivity contribution >= 4 is 23.3 Å². The Kier molecular flexibility index (Phi) is 2.61. The average molecular weight is 263 g/mol. The molecule has 1 fully saturated rings. The summed E-state index contributed by atoms with van der Waals surface area (Å²) in [7, 11) is 0. The largest absolute Gasteiger partial charge is 0.394 e. The van der Waals surface area contributed by atoms with Gasteiger partial charge >= 0.3 is 0 Å². The van der Waals surface area contributed by atoms with Crippen LogP contribution in [0.25, 0.3) is 17.4 Å². The Labute approximate surface area is 107 Å². The molecule has 1 aliphatic rings. The van der Waals surface area contributed by atoms with Crippen molar-refractivity contribution in [3.8, 4) is 0 Å². The minimum atomic E-state index is -0.748. The highest BCUT2D eigenvalue weighted by atomic mass is 16.3. The normalized spacial score (nSPS) is 22.0. The van der Waals surface area contributed by atoms with E-state index < -0.39 is 6.10 Å². The number of fused-ring (bicyclic) bond motifs is 1. The zero-order valence-electron chi connectivity index (χ0n) is 9.95. The maximum atomic E-state index is 11.6. The maximum Gasteiger partial charge on any atom is 0.280 e. The van der Waals surface area contributed by atoms with E-state index in [0.717, 1.165) is 5.57 Å². The van der Waals surface area contributed by atoms with Crippen LogP contribution in [0.2, 0.25) is 0 Å². The molecule has 0 unspecified atom stereocenters. The van der Waals surface area contributed by atoms with Crippen molar-refractivity contribution < 1.29 is 10.2 Å². The van der Waals surface area contributed by atoms with E-state index in [1.54, 1.807) is 10.8 Å². The molecule has 1 saturated carbocycles. The molecule has 3 rings (SSSR count). The summed E-state index contributed by atoms with van der Waals surface area (Å²) in [6.45, 7) is -0.266. The first-order chi connectivity index (χ1) is 9.10. The van der Waals surface area contributed by atoms with E-state index >= 15 is 0 Å². The van der Waals surface area contributed by atoms with Crippen LogP contribution in [0.1, 0.15) is 6.42 Å². The van der Waals surface area contributed by atoms with Gasteiger partial charge in [0, 0.05) is 12.1 Å². The molecule has 100 valence electrons. The van der Waals surface area contributed by atoms with E-state index in [-0.39, 0.29) is 29.5 Å². The summed E-state index contributed by atoms with van der Waals surface area (Å²) in [6, 6.07) is 0. The molecule has 0 radical (unpaired) electrons. The second-order valence-corrected chi connectivity index (χ2v) is 4.54. The van der Waals surface area contributed by atoms with Crippen molar-refractivity contribution in [2.75, 3.05) is 12.3 Å². The zero-order chi connectivity index (χ0) is 13.6. The minimum Gasteiger partial charge on any atom is -0.394 e. The Bertz CT molecular complexity index is 717. The monoisotopic (exact) mass is 263 g/mol. The molecule has 0 aromatic carbocycles. The first-order valence-corrected chi connectivity index (χ1v) is 5.82. The van der Waals surface area contributed by atoms with Crippen molar-refractivity contribution in [1.82, 2.24) is 19.5 Å². The predicted molar refractivity (Wildman–Crippen MR) is 68.0 cm³/mol. The summed E-state index contributed by atoms with van der Waals surface area (Å²) in [4.78, 5) is 22.0. The molecule has 0 saturated heterocycles. The Morgan fingerprint density at radius 2 is 2.47 bits per heavy atom. The van der Waals surface area contributed by atoms with Crippen molar-refractivity contribution in [3.05, 3.63) is 22.3 Å². The molecule has 2 atom stereocenters. The number of nitrogens with one attached hydrogen (secondary N) is 1. The van der Waals surface area contributed by atoms with E-state index in [9.17, 15) is 9.90 Å². The van der Waals surface area contributed by atoms with Crippen LogP contribution < -0.4 is 11.3 Å². The van der Waals surface area contributed by atoms with Gasteiger partial charge in [-0.25, -0.2) is 4.98 Å². The number of aromatic amines is 1. The molecule has 2 heterocycles. The lowest BCUT2D eigenvalue weighted by Gasteiger charge is -2.01. The number of aliphatic hydroxyl groups is 2. The molecule has 2 aromatic heterocycles. The molecule has 0 spiro atoms. The van der Waals surface area contributed by atoms with Gasteiger partial charge in [-0.2, -0.15) is 4.98 Å². The Morgan fingerprint density at radius 1 is 1.68 bits per heavy atom. The number of aliphatic hydroxyl groups excluding tert-OH is 2. The fraction of sp³-hybridized carbons (Fsp3) is 0.364. The quantitative estimate of drug-likeness (QED) is 0.557. The number of aromatic nitrogens is 4.